The molecular weight excluding hydrogens is 278 g/mol. The first-order chi connectivity index (χ1) is 8.15. The highest BCUT2D eigenvalue weighted by atomic mass is 79.9. The number of benzene rings is 1. The number of hydrogen-bond acceptors (Lipinski definition) is 2. The number of ether oxygens (including phenoxy) is 1. The quantitative estimate of drug-likeness (QED) is 0.826. The van der Waals surface area contributed by atoms with Crippen molar-refractivity contribution in [2.45, 2.75) is 33.1 Å². The summed E-state index contributed by atoms with van der Waals surface area (Å²) in [6, 6.07) is 7.94. The fraction of sp³-hybridized carbons (Fsp3) is 0.571. The highest BCUT2D eigenvalue weighted by Crippen LogP contribution is 2.29. The molecular formula is C14H22BrNO. The summed E-state index contributed by atoms with van der Waals surface area (Å²) in [5, 5.41) is 0. The number of nitrogens with two attached hydrogens (primary N) is 1. The molecule has 0 unspecified atom stereocenters. The predicted octanol–water partition coefficient (Wildman–Crippen LogP) is 3.98. The van der Waals surface area contributed by atoms with E-state index in [1.165, 1.54) is 0 Å². The van der Waals surface area contributed by atoms with Gasteiger partial charge in [-0.1, -0.05) is 29.8 Å². The first-order valence-corrected chi connectivity index (χ1v) is 7.03. The molecule has 0 fully saturated rings. The van der Waals surface area contributed by atoms with Crippen molar-refractivity contribution in [1.82, 2.24) is 0 Å². The summed E-state index contributed by atoms with van der Waals surface area (Å²) in [7, 11) is 0. The molecule has 0 aliphatic carbocycles. The lowest BCUT2D eigenvalue weighted by Gasteiger charge is -2.29. The van der Waals surface area contributed by atoms with Crippen LogP contribution in [-0.4, -0.2) is 13.2 Å². The maximum absolute atomic E-state index is 5.87. The van der Waals surface area contributed by atoms with Crippen LogP contribution >= 0.6 is 15.9 Å². The average Bonchev–Trinajstić information content (AvgIpc) is 2.38. The van der Waals surface area contributed by atoms with Crippen LogP contribution in [0.2, 0.25) is 0 Å². The minimum atomic E-state index is 0.245. The van der Waals surface area contributed by atoms with E-state index in [9.17, 15) is 0 Å². The molecule has 0 spiro atoms. The Hall–Kier alpha value is -0.540. The Kier molecular flexibility index (Phi) is 6.00. The standard InChI is InChI=1S/C14H22BrNO/c1-3-14(4-2,11-16)9-10-17-13-7-5-12(15)6-8-13/h5-8H,3-4,9-11,16H2,1-2H3. The molecule has 2 nitrogen and oxygen atoms in total. The van der Waals surface area contributed by atoms with E-state index in [4.69, 9.17) is 10.5 Å². The number of hydrogen-bond donors (Lipinski definition) is 1. The fourth-order valence-corrected chi connectivity index (χ4v) is 2.17. The van der Waals surface area contributed by atoms with Gasteiger partial charge in [-0.15, -0.1) is 0 Å². The van der Waals surface area contributed by atoms with Crippen LogP contribution in [-0.2, 0) is 0 Å². The van der Waals surface area contributed by atoms with Crippen molar-refractivity contribution in [3.63, 3.8) is 0 Å². The van der Waals surface area contributed by atoms with Gasteiger partial charge in [0.25, 0.3) is 0 Å². The monoisotopic (exact) mass is 299 g/mol. The minimum absolute atomic E-state index is 0.245. The molecule has 0 bridgehead atoms. The average molecular weight is 300 g/mol. The third-order valence-electron chi connectivity index (χ3n) is 3.65. The van der Waals surface area contributed by atoms with Crippen LogP contribution in [0.5, 0.6) is 5.75 Å². The van der Waals surface area contributed by atoms with Gasteiger partial charge in [-0.05, 0) is 55.5 Å². The van der Waals surface area contributed by atoms with Gasteiger partial charge in [-0.3, -0.25) is 0 Å². The summed E-state index contributed by atoms with van der Waals surface area (Å²) < 4.78 is 6.82. The maximum Gasteiger partial charge on any atom is 0.119 e. The molecule has 2 N–H and O–H groups in total. The molecule has 1 aromatic carbocycles. The highest BCUT2D eigenvalue weighted by molar-refractivity contribution is 9.10. The van der Waals surface area contributed by atoms with E-state index in [2.05, 4.69) is 29.8 Å². The Balaban J connectivity index is 2.43. The molecule has 0 atom stereocenters. The van der Waals surface area contributed by atoms with Gasteiger partial charge in [-0.25, -0.2) is 0 Å². The van der Waals surface area contributed by atoms with Gasteiger partial charge in [0, 0.05) is 4.47 Å². The van der Waals surface area contributed by atoms with Crippen molar-refractivity contribution in [1.29, 1.82) is 0 Å². The molecule has 0 aromatic heterocycles. The van der Waals surface area contributed by atoms with E-state index in [0.717, 1.165) is 42.6 Å². The van der Waals surface area contributed by atoms with Crippen molar-refractivity contribution in [2.75, 3.05) is 13.2 Å². The molecule has 0 saturated carbocycles. The van der Waals surface area contributed by atoms with Crippen LogP contribution < -0.4 is 10.5 Å². The van der Waals surface area contributed by atoms with Crippen molar-refractivity contribution < 1.29 is 4.74 Å². The normalized spacial score (nSPS) is 11.5. The van der Waals surface area contributed by atoms with Gasteiger partial charge in [0.2, 0.25) is 0 Å². The predicted molar refractivity (Wildman–Crippen MR) is 76.3 cm³/mol. The summed E-state index contributed by atoms with van der Waals surface area (Å²) in [6.45, 7) is 5.89. The van der Waals surface area contributed by atoms with Gasteiger partial charge in [0.1, 0.15) is 5.75 Å². The molecule has 96 valence electrons. The summed E-state index contributed by atoms with van der Waals surface area (Å²) in [5.74, 6) is 0.923. The van der Waals surface area contributed by atoms with Crippen molar-refractivity contribution in [2.24, 2.45) is 11.1 Å². The SMILES string of the molecule is CCC(CC)(CN)CCOc1ccc(Br)cc1. The lowest BCUT2D eigenvalue weighted by molar-refractivity contribution is 0.187. The zero-order valence-corrected chi connectivity index (χ0v) is 12.3. The molecule has 0 heterocycles. The van der Waals surface area contributed by atoms with E-state index in [1.807, 2.05) is 24.3 Å². The van der Waals surface area contributed by atoms with Gasteiger partial charge in [-0.2, -0.15) is 0 Å². The van der Waals surface area contributed by atoms with Crippen LogP contribution in [0.4, 0.5) is 0 Å². The van der Waals surface area contributed by atoms with Gasteiger partial charge in [0.05, 0.1) is 6.61 Å². The second-order valence-corrected chi connectivity index (χ2v) is 5.38. The summed E-state index contributed by atoms with van der Waals surface area (Å²) in [5.41, 5.74) is 6.11. The smallest absolute Gasteiger partial charge is 0.119 e. The van der Waals surface area contributed by atoms with E-state index in [-0.39, 0.29) is 5.41 Å². The second-order valence-electron chi connectivity index (χ2n) is 4.46. The van der Waals surface area contributed by atoms with Gasteiger partial charge >= 0.3 is 0 Å². The topological polar surface area (TPSA) is 35.2 Å². The first kappa shape index (κ1) is 14.5. The van der Waals surface area contributed by atoms with Crippen LogP contribution in [0, 0.1) is 5.41 Å². The third kappa shape index (κ3) is 4.32. The van der Waals surface area contributed by atoms with E-state index >= 15 is 0 Å². The maximum atomic E-state index is 5.87. The number of rotatable bonds is 7. The Morgan fingerprint density at radius 3 is 2.24 bits per heavy atom. The molecule has 1 aromatic rings. The Labute approximate surface area is 113 Å². The molecule has 1 rings (SSSR count). The highest BCUT2D eigenvalue weighted by Gasteiger charge is 2.23. The summed E-state index contributed by atoms with van der Waals surface area (Å²) >= 11 is 3.41. The van der Waals surface area contributed by atoms with E-state index in [1.54, 1.807) is 0 Å². The van der Waals surface area contributed by atoms with Crippen molar-refractivity contribution in [3.8, 4) is 5.75 Å². The summed E-state index contributed by atoms with van der Waals surface area (Å²) in [6.07, 6.45) is 3.25. The van der Waals surface area contributed by atoms with Gasteiger partial charge < -0.3 is 10.5 Å². The van der Waals surface area contributed by atoms with E-state index in [0.29, 0.717) is 0 Å². The molecule has 0 radical (unpaired) electrons. The largest absolute Gasteiger partial charge is 0.494 e. The van der Waals surface area contributed by atoms with Crippen LogP contribution in [0.15, 0.2) is 28.7 Å². The zero-order valence-electron chi connectivity index (χ0n) is 10.7. The van der Waals surface area contributed by atoms with Crippen molar-refractivity contribution in [3.05, 3.63) is 28.7 Å². The van der Waals surface area contributed by atoms with E-state index < -0.39 is 0 Å². The molecule has 0 aliphatic heterocycles. The Bertz CT molecular complexity index is 311. The van der Waals surface area contributed by atoms with Crippen molar-refractivity contribution >= 4 is 15.9 Å². The summed E-state index contributed by atoms with van der Waals surface area (Å²) in [4.78, 5) is 0. The minimum Gasteiger partial charge on any atom is -0.494 e. The molecule has 0 aliphatic rings. The molecule has 0 saturated heterocycles. The van der Waals surface area contributed by atoms with Crippen LogP contribution in [0.3, 0.4) is 0 Å². The first-order valence-electron chi connectivity index (χ1n) is 6.24. The zero-order chi connectivity index (χ0) is 12.7. The molecule has 3 heteroatoms. The Morgan fingerprint density at radius 1 is 1.18 bits per heavy atom. The third-order valence-corrected chi connectivity index (χ3v) is 4.18. The molecule has 0 amide bonds. The second kappa shape index (κ2) is 7.02. The molecule has 17 heavy (non-hydrogen) atoms. The van der Waals surface area contributed by atoms with Crippen LogP contribution in [0.25, 0.3) is 0 Å². The Morgan fingerprint density at radius 2 is 1.76 bits per heavy atom. The number of halogens is 1. The fourth-order valence-electron chi connectivity index (χ4n) is 1.91. The lowest BCUT2D eigenvalue weighted by atomic mass is 9.80. The van der Waals surface area contributed by atoms with Crippen LogP contribution in [0.1, 0.15) is 33.1 Å². The van der Waals surface area contributed by atoms with Gasteiger partial charge in [0.15, 0.2) is 0 Å². The lowest BCUT2D eigenvalue weighted by Crippen LogP contribution is -2.31.